The number of nitrogens with zero attached hydrogens (tertiary/aromatic N) is 2. The van der Waals surface area contributed by atoms with E-state index < -0.39 is 9.84 Å². The lowest BCUT2D eigenvalue weighted by molar-refractivity contribution is 0.587. The van der Waals surface area contributed by atoms with E-state index in [1.807, 2.05) is 4.57 Å². The number of rotatable bonds is 7. The first kappa shape index (κ1) is 13.2. The van der Waals surface area contributed by atoms with E-state index in [2.05, 4.69) is 17.2 Å². The zero-order chi connectivity index (χ0) is 12.0. The highest BCUT2D eigenvalue weighted by Crippen LogP contribution is 2.00. The molecular formula is C10H19N3O2S. The van der Waals surface area contributed by atoms with Crippen molar-refractivity contribution in [3.05, 3.63) is 18.2 Å². The maximum Gasteiger partial charge on any atom is 0.149 e. The molecule has 1 aromatic heterocycles. The first-order valence-electron chi connectivity index (χ1n) is 5.40. The highest BCUT2D eigenvalue weighted by atomic mass is 32.2. The number of aromatic nitrogens is 2. The summed E-state index contributed by atoms with van der Waals surface area (Å²) in [7, 11) is -2.91. The van der Waals surface area contributed by atoms with Gasteiger partial charge in [-0.2, -0.15) is 0 Å². The van der Waals surface area contributed by atoms with Crippen molar-refractivity contribution in [1.82, 2.24) is 14.9 Å². The van der Waals surface area contributed by atoms with Gasteiger partial charge in [0.15, 0.2) is 0 Å². The van der Waals surface area contributed by atoms with Crippen molar-refractivity contribution in [1.29, 1.82) is 0 Å². The molecule has 16 heavy (non-hydrogen) atoms. The summed E-state index contributed by atoms with van der Waals surface area (Å²) in [6.07, 6.45) is 5.77. The molecule has 0 aromatic carbocycles. The lowest BCUT2D eigenvalue weighted by atomic mass is 10.4. The van der Waals surface area contributed by atoms with Gasteiger partial charge in [-0.25, -0.2) is 13.4 Å². The van der Waals surface area contributed by atoms with Crippen LogP contribution in [0.2, 0.25) is 0 Å². The summed E-state index contributed by atoms with van der Waals surface area (Å²) >= 11 is 0. The van der Waals surface area contributed by atoms with Crippen LogP contribution in [0.4, 0.5) is 0 Å². The van der Waals surface area contributed by atoms with Crippen molar-refractivity contribution in [3.63, 3.8) is 0 Å². The number of aryl methyl sites for hydroxylation is 1. The minimum absolute atomic E-state index is 0.157. The van der Waals surface area contributed by atoms with E-state index in [1.165, 1.54) is 6.26 Å². The minimum atomic E-state index is -2.91. The molecule has 0 spiro atoms. The molecule has 0 amide bonds. The van der Waals surface area contributed by atoms with Crippen molar-refractivity contribution in [2.24, 2.45) is 0 Å². The minimum Gasteiger partial charge on any atom is -0.332 e. The number of sulfone groups is 1. The fourth-order valence-corrected chi connectivity index (χ4v) is 1.88. The van der Waals surface area contributed by atoms with E-state index in [9.17, 15) is 8.42 Å². The third-order valence-corrected chi connectivity index (χ3v) is 3.16. The molecule has 6 heteroatoms. The van der Waals surface area contributed by atoms with Gasteiger partial charge in [-0.3, -0.25) is 0 Å². The predicted octanol–water partition coefficient (Wildman–Crippen LogP) is 0.427. The van der Waals surface area contributed by atoms with Gasteiger partial charge in [-0.1, -0.05) is 6.92 Å². The molecule has 0 unspecified atom stereocenters. The van der Waals surface area contributed by atoms with Crippen LogP contribution < -0.4 is 5.32 Å². The summed E-state index contributed by atoms with van der Waals surface area (Å²) in [6.45, 7) is 4.27. The number of nitrogens with one attached hydrogen (secondary N) is 1. The van der Waals surface area contributed by atoms with Gasteiger partial charge in [0.2, 0.25) is 0 Å². The highest BCUT2D eigenvalue weighted by molar-refractivity contribution is 7.90. The molecule has 0 fully saturated rings. The molecule has 0 aliphatic heterocycles. The zero-order valence-corrected chi connectivity index (χ0v) is 10.6. The van der Waals surface area contributed by atoms with E-state index >= 15 is 0 Å². The van der Waals surface area contributed by atoms with Crippen molar-refractivity contribution >= 4 is 9.84 Å². The Morgan fingerprint density at radius 1 is 1.50 bits per heavy atom. The number of imidazole rings is 1. The molecule has 92 valence electrons. The predicted molar refractivity (Wildman–Crippen MR) is 63.9 cm³/mol. The van der Waals surface area contributed by atoms with Crippen molar-refractivity contribution in [3.8, 4) is 0 Å². The van der Waals surface area contributed by atoms with Crippen molar-refractivity contribution < 1.29 is 8.42 Å². The van der Waals surface area contributed by atoms with Crippen LogP contribution in [-0.2, 0) is 22.9 Å². The van der Waals surface area contributed by atoms with Gasteiger partial charge in [0.05, 0.1) is 17.8 Å². The van der Waals surface area contributed by atoms with Crippen LogP contribution in [0, 0.1) is 0 Å². The third kappa shape index (κ3) is 4.76. The van der Waals surface area contributed by atoms with Crippen LogP contribution in [0.1, 0.15) is 19.0 Å². The standard InChI is InChI=1S/C10H19N3O2S/c1-3-4-11-7-10-8-12-9-13(10)5-6-16(2,14)15/h8-9,11H,3-7H2,1-2H3. The molecule has 0 bridgehead atoms. The Bertz CT molecular complexity index is 411. The molecule has 0 radical (unpaired) electrons. The number of hydrogen-bond donors (Lipinski definition) is 1. The van der Waals surface area contributed by atoms with Gasteiger partial charge < -0.3 is 9.88 Å². The fourth-order valence-electron chi connectivity index (χ4n) is 1.35. The largest absolute Gasteiger partial charge is 0.332 e. The SMILES string of the molecule is CCCNCc1cncn1CCS(C)(=O)=O. The molecule has 0 aliphatic rings. The second kappa shape index (κ2) is 6.00. The van der Waals surface area contributed by atoms with Crippen LogP contribution in [0.3, 0.4) is 0 Å². The number of hydrogen-bond acceptors (Lipinski definition) is 4. The summed E-state index contributed by atoms with van der Waals surface area (Å²) in [4.78, 5) is 4.03. The van der Waals surface area contributed by atoms with Crippen LogP contribution in [-0.4, -0.2) is 36.5 Å². The smallest absolute Gasteiger partial charge is 0.149 e. The second-order valence-corrected chi connectivity index (χ2v) is 6.14. The summed E-state index contributed by atoms with van der Waals surface area (Å²) in [6, 6.07) is 0. The molecule has 0 aliphatic carbocycles. The first-order chi connectivity index (χ1) is 7.53. The quantitative estimate of drug-likeness (QED) is 0.707. The Morgan fingerprint density at radius 2 is 2.25 bits per heavy atom. The molecule has 1 rings (SSSR count). The fraction of sp³-hybridized carbons (Fsp3) is 0.700. The van der Waals surface area contributed by atoms with Gasteiger partial charge in [-0.15, -0.1) is 0 Å². The van der Waals surface area contributed by atoms with E-state index in [0.29, 0.717) is 6.54 Å². The lowest BCUT2D eigenvalue weighted by Crippen LogP contribution is -2.18. The monoisotopic (exact) mass is 245 g/mol. The van der Waals surface area contributed by atoms with Crippen LogP contribution >= 0.6 is 0 Å². The van der Waals surface area contributed by atoms with E-state index in [4.69, 9.17) is 0 Å². The maximum absolute atomic E-state index is 11.0. The van der Waals surface area contributed by atoms with Gasteiger partial charge in [-0.05, 0) is 13.0 Å². The van der Waals surface area contributed by atoms with Gasteiger partial charge in [0.1, 0.15) is 9.84 Å². The molecule has 0 saturated heterocycles. The average molecular weight is 245 g/mol. The Balaban J connectivity index is 2.50. The third-order valence-electron chi connectivity index (χ3n) is 2.23. The lowest BCUT2D eigenvalue weighted by Gasteiger charge is -2.07. The van der Waals surface area contributed by atoms with Crippen LogP contribution in [0.5, 0.6) is 0 Å². The Hall–Kier alpha value is -0.880. The molecule has 1 heterocycles. The zero-order valence-electron chi connectivity index (χ0n) is 9.81. The van der Waals surface area contributed by atoms with Crippen LogP contribution in [0.25, 0.3) is 0 Å². The Morgan fingerprint density at radius 3 is 2.88 bits per heavy atom. The first-order valence-corrected chi connectivity index (χ1v) is 7.46. The summed E-state index contributed by atoms with van der Waals surface area (Å²) in [5.41, 5.74) is 1.03. The molecule has 0 saturated carbocycles. The van der Waals surface area contributed by atoms with E-state index in [-0.39, 0.29) is 5.75 Å². The molecule has 5 nitrogen and oxygen atoms in total. The molecule has 0 atom stereocenters. The highest BCUT2D eigenvalue weighted by Gasteiger charge is 2.05. The maximum atomic E-state index is 11.0. The molecule has 1 N–H and O–H groups in total. The summed E-state index contributed by atoms with van der Waals surface area (Å²) < 4.78 is 24.0. The summed E-state index contributed by atoms with van der Waals surface area (Å²) in [5.74, 6) is 0.157. The average Bonchev–Trinajstić information content (AvgIpc) is 2.62. The Labute approximate surface area is 96.8 Å². The Kier molecular flexibility index (Phi) is 4.95. The summed E-state index contributed by atoms with van der Waals surface area (Å²) in [5, 5.41) is 3.26. The van der Waals surface area contributed by atoms with Crippen molar-refractivity contribution in [2.45, 2.75) is 26.4 Å². The van der Waals surface area contributed by atoms with E-state index in [0.717, 1.165) is 25.2 Å². The van der Waals surface area contributed by atoms with Gasteiger partial charge in [0, 0.05) is 25.5 Å². The van der Waals surface area contributed by atoms with Crippen molar-refractivity contribution in [2.75, 3.05) is 18.6 Å². The van der Waals surface area contributed by atoms with Gasteiger partial charge in [0.25, 0.3) is 0 Å². The molecular weight excluding hydrogens is 226 g/mol. The van der Waals surface area contributed by atoms with Crippen LogP contribution in [0.15, 0.2) is 12.5 Å². The molecule has 1 aromatic rings. The normalized spacial score (nSPS) is 11.9. The second-order valence-electron chi connectivity index (χ2n) is 3.89. The van der Waals surface area contributed by atoms with Gasteiger partial charge >= 0.3 is 0 Å². The van der Waals surface area contributed by atoms with E-state index in [1.54, 1.807) is 12.5 Å². The topological polar surface area (TPSA) is 64.0 Å².